The molecule has 0 aliphatic heterocycles. The van der Waals surface area contributed by atoms with E-state index in [0.717, 1.165) is 0 Å². The fourth-order valence-electron chi connectivity index (χ4n) is 3.95. The van der Waals surface area contributed by atoms with Crippen molar-refractivity contribution in [3.05, 3.63) is 34.9 Å². The van der Waals surface area contributed by atoms with Gasteiger partial charge >= 0.3 is 0 Å². The molecule has 0 spiro atoms. The van der Waals surface area contributed by atoms with Gasteiger partial charge in [-0.2, -0.15) is 0 Å². The number of hydrogen-bond donors (Lipinski definition) is 1. The molecule has 0 radical (unpaired) electrons. The van der Waals surface area contributed by atoms with Crippen molar-refractivity contribution in [1.29, 1.82) is 0 Å². The normalized spacial score (nSPS) is 10.2. The summed E-state index contributed by atoms with van der Waals surface area (Å²) in [6.45, 7) is 6.80. The maximum atomic E-state index is 4.64. The molecule has 0 unspecified atom stereocenters. The number of alkyl halides is 1. The zero-order valence-corrected chi connectivity index (χ0v) is 21.1. The quantitative estimate of drug-likeness (QED) is 0.195. The predicted octanol–water partition coefficient (Wildman–Crippen LogP) is 10.1. The molecule has 172 valence electrons. The Labute approximate surface area is 189 Å². The Bertz CT molecular complexity index is 444. The Morgan fingerprint density at radius 1 is 0.586 bits per heavy atom. The monoisotopic (exact) mass is 425 g/mol. The second kappa shape index (κ2) is 23.7. The molecule has 0 fully saturated rings. The number of hydrogen-bond acceptors (Lipinski definition) is 1. The minimum absolute atomic E-state index is 0. The van der Waals surface area contributed by atoms with Crippen LogP contribution in [0, 0.1) is 13.8 Å². The number of aryl methyl sites for hydroxylation is 2. The zero-order valence-electron chi connectivity index (χ0n) is 20.3. The van der Waals surface area contributed by atoms with Crippen LogP contribution in [-0.2, 0) is 6.42 Å². The second-order valence-electron chi connectivity index (χ2n) is 8.41. The highest BCUT2D eigenvalue weighted by molar-refractivity contribution is 6.15. The Morgan fingerprint density at radius 3 is 1.38 bits per heavy atom. The molecule has 1 aromatic rings. The van der Waals surface area contributed by atoms with Crippen LogP contribution in [0.4, 0.5) is 0 Å². The molecule has 0 amide bonds. The molecule has 3 N–H and O–H groups in total. The van der Waals surface area contributed by atoms with E-state index in [1.54, 1.807) is 5.56 Å². The topological polar surface area (TPSA) is 35.0 Å². The van der Waals surface area contributed by atoms with E-state index in [1.807, 2.05) is 0 Å². The third-order valence-electron chi connectivity index (χ3n) is 6.02. The molecule has 1 rings (SSSR count). The lowest BCUT2D eigenvalue weighted by Crippen LogP contribution is -1.92. The number of benzene rings is 1. The maximum Gasteiger partial charge on any atom is 0.0108 e. The van der Waals surface area contributed by atoms with E-state index < -0.39 is 0 Å². The fraction of sp³-hybridized carbons (Fsp3) is 0.778. The van der Waals surface area contributed by atoms with Gasteiger partial charge in [-0.05, 0) is 43.4 Å². The second-order valence-corrected chi connectivity index (χ2v) is 8.41. The fourth-order valence-corrected chi connectivity index (χ4v) is 3.95. The van der Waals surface area contributed by atoms with Crippen molar-refractivity contribution in [3.63, 3.8) is 0 Å². The Balaban J connectivity index is 0. The van der Waals surface area contributed by atoms with Gasteiger partial charge in [0.2, 0.25) is 0 Å². The molecule has 2 heteroatoms. The van der Waals surface area contributed by atoms with Gasteiger partial charge in [-0.1, -0.05) is 121 Å². The van der Waals surface area contributed by atoms with Gasteiger partial charge in [0.15, 0.2) is 0 Å². The summed E-state index contributed by atoms with van der Waals surface area (Å²) >= 11 is 4.64. The number of rotatable bonds is 17. The maximum absolute atomic E-state index is 4.64. The Kier molecular flexibility index (Phi) is 25.1. The molecule has 0 saturated carbocycles. The summed E-state index contributed by atoms with van der Waals surface area (Å²) in [5, 5.41) is 0. The molecule has 1 aromatic carbocycles. The lowest BCUT2D eigenvalue weighted by Gasteiger charge is -2.08. The average molecular weight is 426 g/mol. The lowest BCUT2D eigenvalue weighted by atomic mass is 9.98. The highest BCUT2D eigenvalue weighted by Gasteiger charge is 2.00. The first-order valence-electron chi connectivity index (χ1n) is 12.2. The molecule has 0 bridgehead atoms. The number of unbranched alkanes of at least 4 members (excludes halogenated alkanes) is 15. The van der Waals surface area contributed by atoms with Crippen molar-refractivity contribution in [1.82, 2.24) is 6.15 Å². The summed E-state index contributed by atoms with van der Waals surface area (Å²) in [6.07, 6.45) is 25.9. The highest BCUT2D eigenvalue weighted by atomic mass is 35.5. The van der Waals surface area contributed by atoms with Crippen LogP contribution in [0.1, 0.15) is 126 Å². The van der Waals surface area contributed by atoms with Gasteiger partial charge in [-0.15, -0.1) is 11.6 Å². The van der Waals surface area contributed by atoms with Crippen molar-refractivity contribution in [2.24, 2.45) is 0 Å². The third-order valence-corrected chi connectivity index (χ3v) is 6.02. The van der Waals surface area contributed by atoms with Crippen molar-refractivity contribution in [3.8, 4) is 0 Å². The largest absolute Gasteiger partial charge is 0.344 e. The molecule has 1 nitrogen and oxygen atoms in total. The van der Waals surface area contributed by atoms with Crippen molar-refractivity contribution in [2.75, 3.05) is 6.38 Å². The zero-order chi connectivity index (χ0) is 20.9. The van der Waals surface area contributed by atoms with E-state index in [4.69, 9.17) is 0 Å². The molecule has 0 aliphatic carbocycles. The van der Waals surface area contributed by atoms with E-state index in [-0.39, 0.29) is 6.15 Å². The van der Waals surface area contributed by atoms with E-state index in [2.05, 4.69) is 50.6 Å². The van der Waals surface area contributed by atoms with Gasteiger partial charge in [0.25, 0.3) is 0 Å². The van der Waals surface area contributed by atoms with Crippen LogP contribution in [0.25, 0.3) is 0 Å². The van der Waals surface area contributed by atoms with Crippen molar-refractivity contribution < 1.29 is 0 Å². The minimum atomic E-state index is 0. The molecule has 29 heavy (non-hydrogen) atoms. The summed E-state index contributed by atoms with van der Waals surface area (Å²) in [5.74, 6) is 0. The first-order valence-corrected chi connectivity index (χ1v) is 12.9. The van der Waals surface area contributed by atoms with E-state index in [0.29, 0.717) is 0 Å². The van der Waals surface area contributed by atoms with Gasteiger partial charge in [-0.3, -0.25) is 0 Å². The smallest absolute Gasteiger partial charge is 0.0108 e. The van der Waals surface area contributed by atoms with E-state index in [1.165, 1.54) is 127 Å². The third kappa shape index (κ3) is 18.0. The predicted molar refractivity (Wildman–Crippen MR) is 136 cm³/mol. The number of halogens is 1. The van der Waals surface area contributed by atoms with Gasteiger partial charge in [0, 0.05) is 6.38 Å². The Hall–Kier alpha value is -0.530. The van der Waals surface area contributed by atoms with Gasteiger partial charge in [-0.25, -0.2) is 0 Å². The minimum Gasteiger partial charge on any atom is -0.344 e. The van der Waals surface area contributed by atoms with Gasteiger partial charge < -0.3 is 6.15 Å². The molecule has 0 atom stereocenters. The van der Waals surface area contributed by atoms with Crippen LogP contribution in [0.2, 0.25) is 0 Å². The highest BCUT2D eigenvalue weighted by Crippen LogP contribution is 2.17. The summed E-state index contributed by atoms with van der Waals surface area (Å²) in [7, 11) is 0. The van der Waals surface area contributed by atoms with Crippen LogP contribution >= 0.6 is 11.6 Å². The van der Waals surface area contributed by atoms with Crippen LogP contribution in [0.15, 0.2) is 18.2 Å². The van der Waals surface area contributed by atoms with Gasteiger partial charge in [0.05, 0.1) is 0 Å². The lowest BCUT2D eigenvalue weighted by molar-refractivity contribution is 0.529. The summed E-state index contributed by atoms with van der Waals surface area (Å²) < 4.78 is 0. The first-order chi connectivity index (χ1) is 13.8. The van der Waals surface area contributed by atoms with Crippen molar-refractivity contribution >= 4 is 11.6 Å². The van der Waals surface area contributed by atoms with Crippen molar-refractivity contribution in [2.45, 2.75) is 130 Å². The SMILES string of the molecule is CCCCCCCCCCCCCCCCCCc1cccc(C)c1C.CCl.N. The van der Waals surface area contributed by atoms with Crippen LogP contribution in [0.3, 0.4) is 0 Å². The average Bonchev–Trinajstić information content (AvgIpc) is 2.72. The van der Waals surface area contributed by atoms with Crippen LogP contribution in [-0.4, -0.2) is 6.38 Å². The summed E-state index contributed by atoms with van der Waals surface area (Å²) in [4.78, 5) is 0. The molecule has 0 aromatic heterocycles. The van der Waals surface area contributed by atoms with Crippen LogP contribution < -0.4 is 6.15 Å². The Morgan fingerprint density at radius 2 is 0.966 bits per heavy atom. The molecular weight excluding hydrogens is 374 g/mol. The van der Waals surface area contributed by atoms with E-state index >= 15 is 0 Å². The van der Waals surface area contributed by atoms with Crippen LogP contribution in [0.5, 0.6) is 0 Å². The van der Waals surface area contributed by atoms with E-state index in [9.17, 15) is 0 Å². The molecule has 0 saturated heterocycles. The molecule has 0 heterocycles. The standard InChI is InChI=1S/C26H46.CH3Cl.H3N/c1-4-5-6-7-8-9-10-11-12-13-14-15-16-17-18-19-22-26-23-20-21-24(2)25(26)3;1-2;/h20-21,23H,4-19,22H2,1-3H3;1H3;1H3. The summed E-state index contributed by atoms with van der Waals surface area (Å²) in [6, 6.07) is 6.75. The first kappa shape index (κ1) is 30.7. The summed E-state index contributed by atoms with van der Waals surface area (Å²) in [5.41, 5.74) is 4.52. The molecule has 0 aliphatic rings. The molecular formula is C27H52ClN. The van der Waals surface area contributed by atoms with Gasteiger partial charge in [0.1, 0.15) is 0 Å².